The van der Waals surface area contributed by atoms with E-state index in [-0.39, 0.29) is 5.91 Å². The van der Waals surface area contributed by atoms with Crippen molar-refractivity contribution in [3.63, 3.8) is 0 Å². The van der Waals surface area contributed by atoms with Gasteiger partial charge in [-0.15, -0.1) is 10.2 Å². The fourth-order valence-corrected chi connectivity index (χ4v) is 1.64. The van der Waals surface area contributed by atoms with Crippen LogP contribution in [0.25, 0.3) is 0 Å². The van der Waals surface area contributed by atoms with Crippen molar-refractivity contribution in [3.05, 3.63) is 35.8 Å². The van der Waals surface area contributed by atoms with Gasteiger partial charge in [0.05, 0.1) is 0 Å². The lowest BCUT2D eigenvalue weighted by atomic mass is 10.3. The van der Waals surface area contributed by atoms with Crippen LogP contribution < -0.4 is 10.6 Å². The molecule has 2 rings (SSSR count). The summed E-state index contributed by atoms with van der Waals surface area (Å²) in [5.41, 5.74) is 1.45. The number of anilines is 1. The number of nitrogens with zero attached hydrogens (tertiary/aromatic N) is 4. The second kappa shape index (κ2) is 5.94. The molecule has 0 atom stereocenters. The highest BCUT2D eigenvalue weighted by Gasteiger charge is 2.05. The first-order chi connectivity index (χ1) is 9.20. The molecular formula is C12H16N6O. The van der Waals surface area contributed by atoms with Crippen molar-refractivity contribution in [1.29, 1.82) is 0 Å². The molecule has 2 aromatic rings. The standard InChI is InChI=1S/C12H16N6O/c1-13-12(19)10-3-4-11(17-16-10)14-7-5-9-6-8-15-18(9)2/h3-4,6,8H,5,7H2,1-2H3,(H,13,19)(H,14,17). The normalized spacial score (nSPS) is 10.2. The van der Waals surface area contributed by atoms with Crippen LogP contribution in [-0.2, 0) is 13.5 Å². The van der Waals surface area contributed by atoms with E-state index in [1.54, 1.807) is 25.4 Å². The molecule has 0 fully saturated rings. The Balaban J connectivity index is 1.86. The average molecular weight is 260 g/mol. The van der Waals surface area contributed by atoms with E-state index in [4.69, 9.17) is 0 Å². The van der Waals surface area contributed by atoms with Crippen LogP contribution in [0.4, 0.5) is 5.82 Å². The predicted molar refractivity (Wildman–Crippen MR) is 70.8 cm³/mol. The van der Waals surface area contributed by atoms with Crippen LogP contribution in [-0.4, -0.2) is 39.5 Å². The molecule has 100 valence electrons. The largest absolute Gasteiger partial charge is 0.368 e. The fourth-order valence-electron chi connectivity index (χ4n) is 1.64. The van der Waals surface area contributed by atoms with Gasteiger partial charge in [-0.25, -0.2) is 0 Å². The van der Waals surface area contributed by atoms with E-state index in [2.05, 4.69) is 25.9 Å². The number of carbonyl (C=O) groups is 1. The van der Waals surface area contributed by atoms with Crippen LogP contribution in [0.15, 0.2) is 24.4 Å². The molecule has 0 saturated heterocycles. The van der Waals surface area contributed by atoms with Crippen molar-refractivity contribution < 1.29 is 4.79 Å². The van der Waals surface area contributed by atoms with Crippen LogP contribution in [0.1, 0.15) is 16.2 Å². The molecule has 7 nitrogen and oxygen atoms in total. The van der Waals surface area contributed by atoms with Crippen LogP contribution in [0.5, 0.6) is 0 Å². The maximum absolute atomic E-state index is 11.3. The second-order valence-electron chi connectivity index (χ2n) is 4.01. The van der Waals surface area contributed by atoms with Gasteiger partial charge in [0.25, 0.3) is 5.91 Å². The molecule has 0 aliphatic carbocycles. The Labute approximate surface area is 111 Å². The van der Waals surface area contributed by atoms with Gasteiger partial charge in [-0.1, -0.05) is 0 Å². The maximum atomic E-state index is 11.3. The smallest absolute Gasteiger partial charge is 0.271 e. The van der Waals surface area contributed by atoms with Gasteiger partial charge < -0.3 is 10.6 Å². The average Bonchev–Trinajstić information content (AvgIpc) is 2.84. The van der Waals surface area contributed by atoms with E-state index >= 15 is 0 Å². The Hall–Kier alpha value is -2.44. The van der Waals surface area contributed by atoms with Crippen molar-refractivity contribution in [3.8, 4) is 0 Å². The number of carbonyl (C=O) groups excluding carboxylic acids is 1. The summed E-state index contributed by atoms with van der Waals surface area (Å²) in [6.45, 7) is 0.730. The van der Waals surface area contributed by atoms with Gasteiger partial charge in [-0.3, -0.25) is 9.48 Å². The van der Waals surface area contributed by atoms with E-state index in [1.165, 1.54) is 0 Å². The third kappa shape index (κ3) is 3.27. The third-order valence-corrected chi connectivity index (χ3v) is 2.73. The Morgan fingerprint density at radius 2 is 2.16 bits per heavy atom. The molecule has 1 amide bonds. The molecule has 0 spiro atoms. The van der Waals surface area contributed by atoms with Crippen molar-refractivity contribution in [2.45, 2.75) is 6.42 Å². The molecule has 0 radical (unpaired) electrons. The summed E-state index contributed by atoms with van der Waals surface area (Å²) in [5.74, 6) is 0.406. The zero-order chi connectivity index (χ0) is 13.7. The number of amides is 1. The topological polar surface area (TPSA) is 84.7 Å². The highest BCUT2D eigenvalue weighted by Crippen LogP contribution is 2.03. The number of aryl methyl sites for hydroxylation is 1. The first kappa shape index (κ1) is 13.0. The van der Waals surface area contributed by atoms with Gasteiger partial charge in [0, 0.05) is 39.0 Å². The number of hydrogen-bond acceptors (Lipinski definition) is 5. The molecular weight excluding hydrogens is 244 g/mol. The lowest BCUT2D eigenvalue weighted by molar-refractivity contribution is 0.0957. The minimum absolute atomic E-state index is 0.242. The van der Waals surface area contributed by atoms with Gasteiger partial charge in [0.1, 0.15) is 5.82 Å². The van der Waals surface area contributed by atoms with Crippen molar-refractivity contribution in [2.75, 3.05) is 18.9 Å². The van der Waals surface area contributed by atoms with E-state index < -0.39 is 0 Å². The minimum atomic E-state index is -0.242. The molecule has 0 saturated carbocycles. The highest BCUT2D eigenvalue weighted by atomic mass is 16.1. The lowest BCUT2D eigenvalue weighted by Crippen LogP contribution is -2.20. The summed E-state index contributed by atoms with van der Waals surface area (Å²) in [6.07, 6.45) is 2.61. The van der Waals surface area contributed by atoms with E-state index in [0.29, 0.717) is 11.5 Å². The quantitative estimate of drug-likeness (QED) is 0.803. The van der Waals surface area contributed by atoms with Gasteiger partial charge in [-0.2, -0.15) is 5.10 Å². The first-order valence-corrected chi connectivity index (χ1v) is 5.97. The summed E-state index contributed by atoms with van der Waals surface area (Å²) in [6, 6.07) is 5.35. The molecule has 0 aliphatic heterocycles. The molecule has 19 heavy (non-hydrogen) atoms. The van der Waals surface area contributed by atoms with Crippen molar-refractivity contribution in [1.82, 2.24) is 25.3 Å². The molecule has 0 aromatic carbocycles. The van der Waals surface area contributed by atoms with Crippen LogP contribution >= 0.6 is 0 Å². The number of nitrogens with one attached hydrogen (secondary N) is 2. The maximum Gasteiger partial charge on any atom is 0.271 e. The Morgan fingerprint density at radius 1 is 1.32 bits per heavy atom. The van der Waals surface area contributed by atoms with Crippen molar-refractivity contribution in [2.24, 2.45) is 7.05 Å². The van der Waals surface area contributed by atoms with E-state index in [1.807, 2.05) is 17.8 Å². The molecule has 2 N–H and O–H groups in total. The van der Waals surface area contributed by atoms with Gasteiger partial charge in [0.2, 0.25) is 0 Å². The first-order valence-electron chi connectivity index (χ1n) is 5.97. The van der Waals surface area contributed by atoms with Crippen LogP contribution in [0.3, 0.4) is 0 Å². The number of hydrogen-bond donors (Lipinski definition) is 2. The number of aromatic nitrogens is 4. The monoisotopic (exact) mass is 260 g/mol. The zero-order valence-corrected chi connectivity index (χ0v) is 10.9. The van der Waals surface area contributed by atoms with Gasteiger partial charge >= 0.3 is 0 Å². The lowest BCUT2D eigenvalue weighted by Gasteiger charge is -2.05. The summed E-state index contributed by atoms with van der Waals surface area (Å²) >= 11 is 0. The van der Waals surface area contributed by atoms with E-state index in [0.717, 1.165) is 18.7 Å². The molecule has 7 heteroatoms. The van der Waals surface area contributed by atoms with Gasteiger partial charge in [-0.05, 0) is 18.2 Å². The zero-order valence-electron chi connectivity index (χ0n) is 10.9. The summed E-state index contributed by atoms with van der Waals surface area (Å²) in [7, 11) is 3.47. The highest BCUT2D eigenvalue weighted by molar-refractivity contribution is 5.91. The molecule has 2 aromatic heterocycles. The molecule has 0 bridgehead atoms. The Morgan fingerprint density at radius 3 is 2.74 bits per heavy atom. The summed E-state index contributed by atoms with van der Waals surface area (Å²) in [5, 5.41) is 17.5. The van der Waals surface area contributed by atoms with Gasteiger partial charge in [0.15, 0.2) is 5.69 Å². The van der Waals surface area contributed by atoms with Crippen LogP contribution in [0.2, 0.25) is 0 Å². The molecule has 2 heterocycles. The Bertz CT molecular complexity index is 548. The Kier molecular flexibility index (Phi) is 4.07. The van der Waals surface area contributed by atoms with E-state index in [9.17, 15) is 4.79 Å². The van der Waals surface area contributed by atoms with Crippen molar-refractivity contribution >= 4 is 11.7 Å². The summed E-state index contributed by atoms with van der Waals surface area (Å²) in [4.78, 5) is 11.3. The second-order valence-corrected chi connectivity index (χ2v) is 4.01. The fraction of sp³-hybridized carbons (Fsp3) is 0.333. The summed E-state index contributed by atoms with van der Waals surface area (Å²) < 4.78 is 1.84. The predicted octanol–water partition coefficient (Wildman–Crippen LogP) is 0.224. The van der Waals surface area contributed by atoms with Crippen LogP contribution in [0, 0.1) is 0 Å². The SMILES string of the molecule is CNC(=O)c1ccc(NCCc2ccnn2C)nn1. The number of rotatable bonds is 5. The minimum Gasteiger partial charge on any atom is -0.368 e. The molecule has 0 aliphatic rings. The molecule has 0 unspecified atom stereocenters. The third-order valence-electron chi connectivity index (χ3n) is 2.73.